The van der Waals surface area contributed by atoms with Crippen LogP contribution in [0.5, 0.6) is 11.5 Å². The number of piperidine rings is 1. The van der Waals surface area contributed by atoms with Gasteiger partial charge in [0.1, 0.15) is 17.3 Å². The highest BCUT2D eigenvalue weighted by atomic mass is 16.5. The third kappa shape index (κ3) is 4.86. The largest absolute Gasteiger partial charge is 0.457 e. The molecule has 1 atom stereocenters. The van der Waals surface area contributed by atoms with Gasteiger partial charge in [0.15, 0.2) is 0 Å². The Morgan fingerprint density at radius 1 is 1.10 bits per heavy atom. The molecule has 3 aromatic rings. The van der Waals surface area contributed by atoms with Gasteiger partial charge < -0.3 is 14.3 Å². The zero-order valence-electron chi connectivity index (χ0n) is 16.9. The number of aliphatic hydroxyl groups is 1. The summed E-state index contributed by atoms with van der Waals surface area (Å²) in [5.74, 6) is 3.02. The lowest BCUT2D eigenvalue weighted by atomic mass is 9.99. The number of aryl methyl sites for hydroxylation is 1. The lowest BCUT2D eigenvalue weighted by molar-refractivity contribution is 0.111. The monoisotopic (exact) mass is 392 g/mol. The van der Waals surface area contributed by atoms with Crippen LogP contribution in [0.1, 0.15) is 37.1 Å². The first-order valence-electron chi connectivity index (χ1n) is 10.4. The first-order valence-corrected chi connectivity index (χ1v) is 10.4. The fourth-order valence-corrected chi connectivity index (χ4v) is 3.95. The number of para-hydroxylation sites is 1. The van der Waals surface area contributed by atoms with Crippen LogP contribution < -0.4 is 4.74 Å². The van der Waals surface area contributed by atoms with Crippen molar-refractivity contribution in [2.24, 2.45) is 0 Å². The fraction of sp³-hybridized carbons (Fsp3) is 0.375. The number of nitrogens with zero attached hydrogens (tertiary/aromatic N) is 2. The van der Waals surface area contributed by atoms with Gasteiger partial charge in [-0.15, -0.1) is 0 Å². The fourth-order valence-electron chi connectivity index (χ4n) is 3.95. The first kappa shape index (κ1) is 19.7. The van der Waals surface area contributed by atoms with E-state index >= 15 is 0 Å². The predicted octanol–water partition coefficient (Wildman–Crippen LogP) is 5.18. The molecular weight excluding hydrogens is 364 g/mol. The van der Waals surface area contributed by atoms with E-state index in [2.05, 4.69) is 4.90 Å². The molecule has 2 aromatic carbocycles. The maximum absolute atomic E-state index is 9.37. The molecule has 0 spiro atoms. The van der Waals surface area contributed by atoms with Crippen LogP contribution in [0.15, 0.2) is 59.0 Å². The van der Waals surface area contributed by atoms with Gasteiger partial charge in [0, 0.05) is 24.8 Å². The van der Waals surface area contributed by atoms with Crippen LogP contribution in [0.2, 0.25) is 0 Å². The Morgan fingerprint density at radius 2 is 1.93 bits per heavy atom. The maximum Gasteiger partial charge on any atom is 0.226 e. The molecule has 0 saturated carbocycles. The van der Waals surface area contributed by atoms with Gasteiger partial charge in [-0.25, -0.2) is 4.98 Å². The van der Waals surface area contributed by atoms with Gasteiger partial charge in [0.05, 0.1) is 5.69 Å². The van der Waals surface area contributed by atoms with Crippen molar-refractivity contribution in [3.63, 3.8) is 0 Å². The van der Waals surface area contributed by atoms with Crippen LogP contribution in [0.25, 0.3) is 11.5 Å². The van der Waals surface area contributed by atoms with Crippen molar-refractivity contribution in [3.8, 4) is 23.0 Å². The highest BCUT2D eigenvalue weighted by molar-refractivity contribution is 5.57. The minimum absolute atomic E-state index is 0.235. The van der Waals surface area contributed by atoms with E-state index in [0.717, 1.165) is 54.4 Å². The van der Waals surface area contributed by atoms with Gasteiger partial charge in [-0.2, -0.15) is 0 Å². The molecule has 0 aliphatic carbocycles. The molecule has 0 unspecified atom stereocenters. The molecule has 1 aromatic heterocycles. The Kier molecular flexibility index (Phi) is 6.27. The molecule has 2 heterocycles. The van der Waals surface area contributed by atoms with Gasteiger partial charge in [0.2, 0.25) is 5.89 Å². The average molecular weight is 392 g/mol. The van der Waals surface area contributed by atoms with Gasteiger partial charge in [-0.05, 0) is 63.1 Å². The number of hydrogen-bond acceptors (Lipinski definition) is 5. The van der Waals surface area contributed by atoms with Crippen LogP contribution in [-0.4, -0.2) is 34.2 Å². The second-order valence-corrected chi connectivity index (χ2v) is 7.60. The number of rotatable bonds is 7. The molecule has 0 bridgehead atoms. The molecule has 0 amide bonds. The van der Waals surface area contributed by atoms with Gasteiger partial charge >= 0.3 is 0 Å². The number of aromatic nitrogens is 1. The molecule has 5 nitrogen and oxygen atoms in total. The zero-order valence-corrected chi connectivity index (χ0v) is 16.9. The number of likely N-dealkylation sites (tertiary alicyclic amines) is 1. The van der Waals surface area contributed by atoms with E-state index in [9.17, 15) is 5.11 Å². The highest BCUT2D eigenvalue weighted by Gasteiger charge is 2.24. The van der Waals surface area contributed by atoms with E-state index < -0.39 is 0 Å². The third-order valence-corrected chi connectivity index (χ3v) is 5.52. The predicted molar refractivity (Wildman–Crippen MR) is 113 cm³/mol. The second kappa shape index (κ2) is 9.25. The molecule has 1 aliphatic rings. The molecule has 4 rings (SSSR count). The van der Waals surface area contributed by atoms with Crippen molar-refractivity contribution in [2.45, 2.75) is 45.2 Å². The van der Waals surface area contributed by atoms with E-state index in [1.54, 1.807) is 0 Å². The summed E-state index contributed by atoms with van der Waals surface area (Å²) < 4.78 is 11.9. The van der Waals surface area contributed by atoms with Crippen molar-refractivity contribution < 1.29 is 14.3 Å². The van der Waals surface area contributed by atoms with Crippen molar-refractivity contribution in [3.05, 3.63) is 66.1 Å². The molecule has 1 aliphatic heterocycles. The topological polar surface area (TPSA) is 58.7 Å². The van der Waals surface area contributed by atoms with Crippen LogP contribution in [0.4, 0.5) is 0 Å². The summed E-state index contributed by atoms with van der Waals surface area (Å²) in [5, 5.41) is 9.37. The van der Waals surface area contributed by atoms with E-state index in [1.165, 1.54) is 12.8 Å². The lowest BCUT2D eigenvalue weighted by Gasteiger charge is -2.35. The summed E-state index contributed by atoms with van der Waals surface area (Å²) in [4.78, 5) is 7.22. The summed E-state index contributed by atoms with van der Waals surface area (Å²) in [5.41, 5.74) is 1.87. The molecule has 1 fully saturated rings. The van der Waals surface area contributed by atoms with Crippen molar-refractivity contribution in [1.82, 2.24) is 9.88 Å². The summed E-state index contributed by atoms with van der Waals surface area (Å²) in [6.07, 6.45) is 4.40. The van der Waals surface area contributed by atoms with Crippen molar-refractivity contribution >= 4 is 0 Å². The Labute approximate surface area is 172 Å². The Hall–Kier alpha value is -2.63. The Bertz CT molecular complexity index is 921. The normalized spacial score (nSPS) is 17.4. The highest BCUT2D eigenvalue weighted by Crippen LogP contribution is 2.29. The third-order valence-electron chi connectivity index (χ3n) is 5.52. The minimum atomic E-state index is 0.235. The van der Waals surface area contributed by atoms with Crippen LogP contribution in [0, 0.1) is 6.92 Å². The molecule has 5 heteroatoms. The SMILES string of the molecule is Cc1oc(-c2cccc(Oc3ccccc3)c2)nc1CN1CCCC[C@H]1CCO. The summed E-state index contributed by atoms with van der Waals surface area (Å²) in [6, 6.07) is 18.0. The van der Waals surface area contributed by atoms with Crippen molar-refractivity contribution in [2.75, 3.05) is 13.2 Å². The summed E-state index contributed by atoms with van der Waals surface area (Å²) >= 11 is 0. The van der Waals surface area contributed by atoms with Gasteiger partial charge in [0.25, 0.3) is 0 Å². The first-order chi connectivity index (χ1) is 14.2. The lowest BCUT2D eigenvalue weighted by Crippen LogP contribution is -2.39. The number of oxazole rings is 1. The zero-order chi connectivity index (χ0) is 20.1. The summed E-state index contributed by atoms with van der Waals surface area (Å²) in [7, 11) is 0. The molecule has 29 heavy (non-hydrogen) atoms. The van der Waals surface area contributed by atoms with Crippen LogP contribution in [0.3, 0.4) is 0 Å². The van der Waals surface area contributed by atoms with Gasteiger partial charge in [-0.3, -0.25) is 4.90 Å². The quantitative estimate of drug-likeness (QED) is 0.600. The number of hydrogen-bond donors (Lipinski definition) is 1. The number of ether oxygens (including phenoxy) is 1. The van der Waals surface area contributed by atoms with E-state index in [0.29, 0.717) is 11.9 Å². The standard InChI is InChI=1S/C24H28N2O3/c1-18-23(17-26-14-6-5-9-20(26)13-15-27)25-24(28-18)19-8-7-12-22(16-19)29-21-10-3-2-4-11-21/h2-4,7-8,10-12,16,20,27H,5-6,9,13-15,17H2,1H3/t20-/m0/s1. The maximum atomic E-state index is 9.37. The molecule has 1 N–H and O–H groups in total. The van der Waals surface area contributed by atoms with E-state index in [1.807, 2.05) is 61.5 Å². The molecular formula is C24H28N2O3. The van der Waals surface area contributed by atoms with Crippen LogP contribution >= 0.6 is 0 Å². The van der Waals surface area contributed by atoms with Crippen LogP contribution in [-0.2, 0) is 6.54 Å². The number of aliphatic hydroxyl groups excluding tert-OH is 1. The second-order valence-electron chi connectivity index (χ2n) is 7.60. The number of benzene rings is 2. The molecule has 0 radical (unpaired) electrons. The molecule has 1 saturated heterocycles. The summed E-state index contributed by atoms with van der Waals surface area (Å²) in [6.45, 7) is 4.02. The van der Waals surface area contributed by atoms with Gasteiger partial charge in [-0.1, -0.05) is 30.7 Å². The van der Waals surface area contributed by atoms with E-state index in [4.69, 9.17) is 14.1 Å². The Morgan fingerprint density at radius 3 is 2.76 bits per heavy atom. The van der Waals surface area contributed by atoms with E-state index in [-0.39, 0.29) is 6.61 Å². The Balaban J connectivity index is 1.51. The average Bonchev–Trinajstić information content (AvgIpc) is 3.11. The smallest absolute Gasteiger partial charge is 0.226 e. The van der Waals surface area contributed by atoms with Crippen molar-refractivity contribution in [1.29, 1.82) is 0 Å². The minimum Gasteiger partial charge on any atom is -0.457 e. The molecule has 152 valence electrons.